The van der Waals surface area contributed by atoms with E-state index in [4.69, 9.17) is 17.3 Å². The molecular weight excluding hydrogens is 311 g/mol. The minimum atomic E-state index is -0.424. The molecule has 2 rings (SSSR count). The van der Waals surface area contributed by atoms with Crippen LogP contribution in [0.15, 0.2) is 41.3 Å². The smallest absolute Gasteiger partial charge is 0.234 e. The minimum Gasteiger partial charge on any atom is -0.399 e. The molecule has 0 unspecified atom stereocenters. The molecule has 0 spiro atoms. The molecule has 3 nitrogen and oxygen atoms in total. The Labute approximate surface area is 131 Å². The van der Waals surface area contributed by atoms with Crippen molar-refractivity contribution < 1.29 is 9.18 Å². The van der Waals surface area contributed by atoms with Crippen molar-refractivity contribution in [3.8, 4) is 0 Å². The minimum absolute atomic E-state index is 0.104. The maximum Gasteiger partial charge on any atom is 0.234 e. The number of nitrogens with two attached hydrogens (primary N) is 1. The van der Waals surface area contributed by atoms with E-state index in [0.29, 0.717) is 21.3 Å². The number of hydrogen-bond acceptors (Lipinski definition) is 3. The molecule has 0 saturated heterocycles. The average molecular weight is 325 g/mol. The zero-order valence-electron chi connectivity index (χ0n) is 11.3. The molecular formula is C15H14ClFN2OS. The number of nitrogen functional groups attached to an aromatic ring is 1. The van der Waals surface area contributed by atoms with Crippen LogP contribution in [0.5, 0.6) is 0 Å². The highest BCUT2D eigenvalue weighted by atomic mass is 35.5. The highest BCUT2D eigenvalue weighted by Gasteiger charge is 2.09. The number of anilines is 2. The number of nitrogens with one attached hydrogen (secondary N) is 1. The van der Waals surface area contributed by atoms with Crippen molar-refractivity contribution in [3.63, 3.8) is 0 Å². The van der Waals surface area contributed by atoms with Gasteiger partial charge in [0.25, 0.3) is 0 Å². The highest BCUT2D eigenvalue weighted by molar-refractivity contribution is 8.00. The van der Waals surface area contributed by atoms with Gasteiger partial charge in [0.2, 0.25) is 5.91 Å². The molecule has 0 radical (unpaired) electrons. The molecule has 0 saturated carbocycles. The Kier molecular flexibility index (Phi) is 5.09. The van der Waals surface area contributed by atoms with Crippen molar-refractivity contribution in [1.82, 2.24) is 0 Å². The second kappa shape index (κ2) is 6.83. The second-order valence-electron chi connectivity index (χ2n) is 4.44. The van der Waals surface area contributed by atoms with Gasteiger partial charge in [-0.1, -0.05) is 17.7 Å². The van der Waals surface area contributed by atoms with Crippen LogP contribution in [0.25, 0.3) is 0 Å². The summed E-state index contributed by atoms with van der Waals surface area (Å²) < 4.78 is 13.6. The molecule has 3 N–H and O–H groups in total. The van der Waals surface area contributed by atoms with E-state index in [9.17, 15) is 9.18 Å². The summed E-state index contributed by atoms with van der Waals surface area (Å²) in [7, 11) is 0. The number of rotatable bonds is 4. The fourth-order valence-corrected chi connectivity index (χ4v) is 2.60. The van der Waals surface area contributed by atoms with Gasteiger partial charge >= 0.3 is 0 Å². The van der Waals surface area contributed by atoms with E-state index >= 15 is 0 Å². The third-order valence-electron chi connectivity index (χ3n) is 2.86. The monoisotopic (exact) mass is 324 g/mol. The van der Waals surface area contributed by atoms with Gasteiger partial charge in [-0.3, -0.25) is 4.79 Å². The Bertz CT molecular complexity index is 679. The SMILES string of the molecule is Cc1c(Cl)cccc1NC(=O)CSc1ccc(N)cc1F. The second-order valence-corrected chi connectivity index (χ2v) is 5.86. The van der Waals surface area contributed by atoms with Crippen LogP contribution in [0.1, 0.15) is 5.56 Å². The summed E-state index contributed by atoms with van der Waals surface area (Å²) in [4.78, 5) is 12.3. The van der Waals surface area contributed by atoms with Crippen LogP contribution in [0, 0.1) is 12.7 Å². The van der Waals surface area contributed by atoms with Gasteiger partial charge in [0, 0.05) is 21.3 Å². The fraction of sp³-hybridized carbons (Fsp3) is 0.133. The van der Waals surface area contributed by atoms with Crippen molar-refractivity contribution in [2.24, 2.45) is 0 Å². The van der Waals surface area contributed by atoms with Crippen LogP contribution in [0.4, 0.5) is 15.8 Å². The molecule has 1 amide bonds. The number of amides is 1. The van der Waals surface area contributed by atoms with Crippen LogP contribution in [0.3, 0.4) is 0 Å². The van der Waals surface area contributed by atoms with Crippen molar-refractivity contribution in [1.29, 1.82) is 0 Å². The lowest BCUT2D eigenvalue weighted by atomic mass is 10.2. The molecule has 0 fully saturated rings. The van der Waals surface area contributed by atoms with Gasteiger partial charge in [-0.05, 0) is 42.8 Å². The predicted molar refractivity (Wildman–Crippen MR) is 86.4 cm³/mol. The molecule has 0 aliphatic rings. The number of halogens is 2. The summed E-state index contributed by atoms with van der Waals surface area (Å²) in [5.41, 5.74) is 7.29. The van der Waals surface area contributed by atoms with E-state index in [2.05, 4.69) is 5.32 Å². The predicted octanol–water partition coefficient (Wildman–Crippen LogP) is 4.10. The Morgan fingerprint density at radius 3 is 2.86 bits per heavy atom. The average Bonchev–Trinajstić information content (AvgIpc) is 2.43. The van der Waals surface area contributed by atoms with Gasteiger partial charge in [0.15, 0.2) is 0 Å². The number of hydrogen-bond donors (Lipinski definition) is 2. The first-order chi connectivity index (χ1) is 9.97. The first kappa shape index (κ1) is 15.7. The summed E-state index contributed by atoms with van der Waals surface area (Å²) in [6, 6.07) is 9.69. The van der Waals surface area contributed by atoms with E-state index in [0.717, 1.165) is 17.3 Å². The van der Waals surface area contributed by atoms with Gasteiger partial charge in [-0.2, -0.15) is 0 Å². The van der Waals surface area contributed by atoms with E-state index in [1.807, 2.05) is 6.92 Å². The summed E-state index contributed by atoms with van der Waals surface area (Å²) >= 11 is 7.11. The van der Waals surface area contributed by atoms with Gasteiger partial charge in [-0.25, -0.2) is 4.39 Å². The molecule has 2 aromatic rings. The molecule has 6 heteroatoms. The molecule has 0 heterocycles. The maximum atomic E-state index is 13.6. The number of carbonyl (C=O) groups is 1. The number of carbonyl (C=O) groups excluding carboxylic acids is 1. The molecule has 2 aromatic carbocycles. The summed E-state index contributed by atoms with van der Waals surface area (Å²) in [5.74, 6) is -0.541. The third-order valence-corrected chi connectivity index (χ3v) is 4.31. The number of thioether (sulfide) groups is 1. The molecule has 110 valence electrons. The Balaban J connectivity index is 1.97. The lowest BCUT2D eigenvalue weighted by Gasteiger charge is -2.09. The van der Waals surface area contributed by atoms with Crippen LogP contribution in [-0.2, 0) is 4.79 Å². The van der Waals surface area contributed by atoms with E-state index < -0.39 is 5.82 Å². The summed E-state index contributed by atoms with van der Waals surface area (Å²) in [6.45, 7) is 1.82. The largest absolute Gasteiger partial charge is 0.399 e. The van der Waals surface area contributed by atoms with Crippen LogP contribution in [0.2, 0.25) is 5.02 Å². The molecule has 0 atom stereocenters. The quantitative estimate of drug-likeness (QED) is 0.657. The first-order valence-corrected chi connectivity index (χ1v) is 7.56. The maximum absolute atomic E-state index is 13.6. The van der Waals surface area contributed by atoms with Crippen molar-refractivity contribution >= 4 is 40.6 Å². The van der Waals surface area contributed by atoms with Gasteiger partial charge in [0.1, 0.15) is 5.82 Å². The van der Waals surface area contributed by atoms with Crippen molar-refractivity contribution in [2.75, 3.05) is 16.8 Å². The van der Waals surface area contributed by atoms with Crippen LogP contribution >= 0.6 is 23.4 Å². The first-order valence-electron chi connectivity index (χ1n) is 6.20. The van der Waals surface area contributed by atoms with Crippen LogP contribution in [-0.4, -0.2) is 11.7 Å². The normalized spacial score (nSPS) is 10.4. The molecule has 0 bridgehead atoms. The lowest BCUT2D eigenvalue weighted by Crippen LogP contribution is -2.15. The van der Waals surface area contributed by atoms with E-state index in [-0.39, 0.29) is 11.7 Å². The third kappa shape index (κ3) is 4.12. The standard InChI is InChI=1S/C15H14ClFN2OS/c1-9-11(16)3-2-4-13(9)19-15(20)8-21-14-6-5-10(18)7-12(14)17/h2-7H,8,18H2,1H3,(H,19,20). The van der Waals surface area contributed by atoms with Gasteiger partial charge < -0.3 is 11.1 Å². The van der Waals surface area contributed by atoms with Crippen molar-refractivity contribution in [3.05, 3.63) is 52.8 Å². The molecule has 0 aliphatic heterocycles. The molecule has 0 aliphatic carbocycles. The summed E-state index contributed by atoms with van der Waals surface area (Å²) in [5, 5.41) is 3.35. The summed E-state index contributed by atoms with van der Waals surface area (Å²) in [6.07, 6.45) is 0. The van der Waals surface area contributed by atoms with Crippen molar-refractivity contribution in [2.45, 2.75) is 11.8 Å². The molecule has 0 aromatic heterocycles. The fourth-order valence-electron chi connectivity index (χ4n) is 1.71. The Hall–Kier alpha value is -1.72. The van der Waals surface area contributed by atoms with Gasteiger partial charge in [0.05, 0.1) is 5.75 Å². The topological polar surface area (TPSA) is 55.1 Å². The van der Waals surface area contributed by atoms with E-state index in [1.165, 1.54) is 6.07 Å². The lowest BCUT2D eigenvalue weighted by molar-refractivity contribution is -0.113. The Morgan fingerprint density at radius 1 is 1.38 bits per heavy atom. The number of benzene rings is 2. The van der Waals surface area contributed by atoms with E-state index in [1.54, 1.807) is 30.3 Å². The zero-order chi connectivity index (χ0) is 15.4. The zero-order valence-corrected chi connectivity index (χ0v) is 12.9. The van der Waals surface area contributed by atoms with Gasteiger partial charge in [-0.15, -0.1) is 11.8 Å². The molecule has 21 heavy (non-hydrogen) atoms. The van der Waals surface area contributed by atoms with Crippen LogP contribution < -0.4 is 11.1 Å². The highest BCUT2D eigenvalue weighted by Crippen LogP contribution is 2.25. The Morgan fingerprint density at radius 2 is 2.14 bits per heavy atom.